The highest BCUT2D eigenvalue weighted by Gasteiger charge is 2.13. The number of ether oxygens (including phenoxy) is 1. The average Bonchev–Trinajstić information content (AvgIpc) is 3.09. The van der Waals surface area contributed by atoms with Gasteiger partial charge in [-0.2, -0.15) is 0 Å². The van der Waals surface area contributed by atoms with E-state index in [4.69, 9.17) is 9.26 Å². The van der Waals surface area contributed by atoms with E-state index < -0.39 is 0 Å². The Kier molecular flexibility index (Phi) is 11.9. The van der Waals surface area contributed by atoms with Crippen molar-refractivity contribution < 1.29 is 9.26 Å². The molecule has 0 amide bonds. The maximum absolute atomic E-state index is 5.96. The Hall–Kier alpha value is -0.830. The Morgan fingerprint density at radius 3 is 2.73 bits per heavy atom. The lowest BCUT2D eigenvalue weighted by atomic mass is 9.98. The molecule has 0 aromatic carbocycles. The summed E-state index contributed by atoms with van der Waals surface area (Å²) < 4.78 is 11.3. The standard InChI is InChI=1S/C19H34N4O2.HI/c1-4-20-19(22-14-17-13-18(15(2)3)23-25-17)21-11-8-12-24-16-9-6-5-7-10-16;/h13,15-16H,4-12,14H2,1-3H3,(H2,20,21,22);1H. The maximum atomic E-state index is 5.96. The molecule has 0 bridgehead atoms. The van der Waals surface area contributed by atoms with Gasteiger partial charge in [-0.1, -0.05) is 38.3 Å². The van der Waals surface area contributed by atoms with Crippen molar-refractivity contribution in [3.8, 4) is 0 Å². The lowest BCUT2D eigenvalue weighted by molar-refractivity contribution is 0.0277. The second-order valence-electron chi connectivity index (χ2n) is 6.98. The van der Waals surface area contributed by atoms with Crippen molar-refractivity contribution in [2.45, 2.75) is 77.9 Å². The number of nitrogens with one attached hydrogen (secondary N) is 2. The smallest absolute Gasteiger partial charge is 0.191 e. The number of nitrogens with zero attached hydrogens (tertiary/aromatic N) is 2. The summed E-state index contributed by atoms with van der Waals surface area (Å²) in [5, 5.41) is 10.7. The van der Waals surface area contributed by atoms with Gasteiger partial charge in [-0.15, -0.1) is 24.0 Å². The quantitative estimate of drug-likeness (QED) is 0.241. The number of aliphatic imine (C=N–C) groups is 1. The van der Waals surface area contributed by atoms with E-state index in [1.54, 1.807) is 0 Å². The van der Waals surface area contributed by atoms with Crippen LogP contribution in [-0.4, -0.2) is 36.9 Å². The molecule has 0 aliphatic heterocycles. The Labute approximate surface area is 174 Å². The lowest BCUT2D eigenvalue weighted by Crippen LogP contribution is -2.38. The van der Waals surface area contributed by atoms with Gasteiger partial charge < -0.3 is 19.9 Å². The van der Waals surface area contributed by atoms with Gasteiger partial charge in [0, 0.05) is 25.8 Å². The number of hydrogen-bond donors (Lipinski definition) is 2. The molecule has 1 heterocycles. The van der Waals surface area contributed by atoms with Crippen LogP contribution in [0.3, 0.4) is 0 Å². The molecular formula is C19H35IN4O2. The van der Waals surface area contributed by atoms with E-state index in [0.717, 1.165) is 43.5 Å². The predicted molar refractivity (Wildman–Crippen MR) is 116 cm³/mol. The van der Waals surface area contributed by atoms with Crippen molar-refractivity contribution in [3.63, 3.8) is 0 Å². The molecule has 26 heavy (non-hydrogen) atoms. The zero-order valence-electron chi connectivity index (χ0n) is 16.4. The minimum absolute atomic E-state index is 0. The summed E-state index contributed by atoms with van der Waals surface area (Å²) in [6, 6.07) is 1.98. The number of halogens is 1. The fourth-order valence-electron chi connectivity index (χ4n) is 2.94. The van der Waals surface area contributed by atoms with Gasteiger partial charge in [-0.25, -0.2) is 4.99 Å². The number of hydrogen-bond acceptors (Lipinski definition) is 4. The van der Waals surface area contributed by atoms with Crippen molar-refractivity contribution in [1.82, 2.24) is 15.8 Å². The summed E-state index contributed by atoms with van der Waals surface area (Å²) in [6.45, 7) is 9.27. The molecule has 0 saturated heterocycles. The highest BCUT2D eigenvalue weighted by Crippen LogP contribution is 2.20. The van der Waals surface area contributed by atoms with E-state index >= 15 is 0 Å². The van der Waals surface area contributed by atoms with Crippen LogP contribution >= 0.6 is 24.0 Å². The molecule has 1 aliphatic carbocycles. The molecule has 6 nitrogen and oxygen atoms in total. The highest BCUT2D eigenvalue weighted by atomic mass is 127. The number of rotatable bonds is 9. The molecule has 1 aliphatic rings. The molecule has 1 fully saturated rings. The van der Waals surface area contributed by atoms with E-state index in [1.807, 2.05) is 6.07 Å². The van der Waals surface area contributed by atoms with Crippen molar-refractivity contribution in [2.24, 2.45) is 4.99 Å². The van der Waals surface area contributed by atoms with Gasteiger partial charge in [0.2, 0.25) is 0 Å². The molecule has 0 radical (unpaired) electrons. The minimum Gasteiger partial charge on any atom is -0.378 e. The monoisotopic (exact) mass is 478 g/mol. The van der Waals surface area contributed by atoms with Crippen molar-refractivity contribution >= 4 is 29.9 Å². The van der Waals surface area contributed by atoms with Crippen LogP contribution in [0.4, 0.5) is 0 Å². The normalized spacial score (nSPS) is 15.8. The molecule has 2 N–H and O–H groups in total. The fourth-order valence-corrected chi connectivity index (χ4v) is 2.94. The van der Waals surface area contributed by atoms with Crippen molar-refractivity contribution in [1.29, 1.82) is 0 Å². The molecule has 0 unspecified atom stereocenters. The zero-order chi connectivity index (χ0) is 17.9. The van der Waals surface area contributed by atoms with Crippen molar-refractivity contribution in [2.75, 3.05) is 19.7 Å². The van der Waals surface area contributed by atoms with Crippen LogP contribution in [-0.2, 0) is 11.3 Å². The van der Waals surface area contributed by atoms with Crippen molar-refractivity contribution in [3.05, 3.63) is 17.5 Å². The van der Waals surface area contributed by atoms with Crippen LogP contribution in [0.1, 0.15) is 76.7 Å². The summed E-state index contributed by atoms with van der Waals surface area (Å²) in [7, 11) is 0. The van der Waals surface area contributed by atoms with Gasteiger partial charge in [0.25, 0.3) is 0 Å². The molecular weight excluding hydrogens is 443 g/mol. The molecule has 7 heteroatoms. The first-order chi connectivity index (χ1) is 12.2. The largest absolute Gasteiger partial charge is 0.378 e. The lowest BCUT2D eigenvalue weighted by Gasteiger charge is -2.22. The summed E-state index contributed by atoms with van der Waals surface area (Å²) in [4.78, 5) is 4.56. The van der Waals surface area contributed by atoms with Crippen LogP contribution < -0.4 is 10.6 Å². The summed E-state index contributed by atoms with van der Waals surface area (Å²) >= 11 is 0. The summed E-state index contributed by atoms with van der Waals surface area (Å²) in [5.74, 6) is 1.97. The maximum Gasteiger partial charge on any atom is 0.191 e. The Morgan fingerprint density at radius 1 is 1.31 bits per heavy atom. The van der Waals surface area contributed by atoms with Crippen LogP contribution in [0.15, 0.2) is 15.6 Å². The van der Waals surface area contributed by atoms with Gasteiger partial charge in [0.1, 0.15) is 6.54 Å². The van der Waals surface area contributed by atoms with Gasteiger partial charge in [-0.05, 0) is 32.1 Å². The third kappa shape index (κ3) is 8.70. The summed E-state index contributed by atoms with van der Waals surface area (Å²) in [5.41, 5.74) is 0.975. The van der Waals surface area contributed by atoms with Crippen LogP contribution in [0.25, 0.3) is 0 Å². The fraction of sp³-hybridized carbons (Fsp3) is 0.789. The Bertz CT molecular complexity index is 513. The van der Waals surface area contributed by atoms with Gasteiger partial charge in [-0.3, -0.25) is 0 Å². The van der Waals surface area contributed by atoms with Crippen LogP contribution in [0.5, 0.6) is 0 Å². The third-order valence-corrected chi connectivity index (χ3v) is 4.43. The molecule has 2 rings (SSSR count). The van der Waals surface area contributed by atoms with E-state index in [2.05, 4.69) is 41.6 Å². The van der Waals surface area contributed by atoms with E-state index in [-0.39, 0.29) is 24.0 Å². The Balaban J connectivity index is 0.00000338. The molecule has 0 spiro atoms. The Morgan fingerprint density at radius 2 is 2.08 bits per heavy atom. The number of guanidine groups is 1. The molecule has 1 aromatic heterocycles. The third-order valence-electron chi connectivity index (χ3n) is 4.43. The molecule has 0 atom stereocenters. The first-order valence-corrected chi connectivity index (χ1v) is 9.78. The van der Waals surface area contributed by atoms with E-state index in [9.17, 15) is 0 Å². The first kappa shape index (κ1) is 23.2. The highest BCUT2D eigenvalue weighted by molar-refractivity contribution is 14.0. The van der Waals surface area contributed by atoms with Gasteiger partial charge >= 0.3 is 0 Å². The SMILES string of the molecule is CCNC(=NCc1cc(C(C)C)no1)NCCCOC1CCCCC1.I. The molecule has 1 saturated carbocycles. The van der Waals surface area contributed by atoms with E-state index in [0.29, 0.717) is 18.6 Å². The average molecular weight is 478 g/mol. The van der Waals surface area contributed by atoms with Gasteiger partial charge in [0.15, 0.2) is 11.7 Å². The van der Waals surface area contributed by atoms with Crippen LogP contribution in [0.2, 0.25) is 0 Å². The number of aromatic nitrogens is 1. The minimum atomic E-state index is 0. The molecule has 150 valence electrons. The zero-order valence-corrected chi connectivity index (χ0v) is 18.8. The predicted octanol–water partition coefficient (Wildman–Crippen LogP) is 4.21. The first-order valence-electron chi connectivity index (χ1n) is 9.78. The van der Waals surface area contributed by atoms with E-state index in [1.165, 1.54) is 32.1 Å². The van der Waals surface area contributed by atoms with Crippen LogP contribution in [0, 0.1) is 0 Å². The van der Waals surface area contributed by atoms with Gasteiger partial charge in [0.05, 0.1) is 11.8 Å². The second-order valence-corrected chi connectivity index (χ2v) is 6.98. The molecule has 1 aromatic rings. The second kappa shape index (κ2) is 13.4. The summed E-state index contributed by atoms with van der Waals surface area (Å²) in [6.07, 6.45) is 7.94. The topological polar surface area (TPSA) is 71.7 Å².